The first-order valence-corrected chi connectivity index (χ1v) is 4.29. The monoisotopic (exact) mass is 208 g/mol. The van der Waals surface area contributed by atoms with E-state index in [9.17, 15) is 10.1 Å². The van der Waals surface area contributed by atoms with E-state index in [0.29, 0.717) is 4.88 Å². The minimum Gasteiger partial charge on any atom is -0.258 e. The lowest BCUT2D eigenvalue weighted by Crippen LogP contribution is -1.80. The Morgan fingerprint density at radius 1 is 1.71 bits per heavy atom. The Bertz CT molecular complexity index is 450. The van der Waals surface area contributed by atoms with Crippen molar-refractivity contribution in [2.24, 2.45) is 5.11 Å². The van der Waals surface area contributed by atoms with Crippen LogP contribution < -0.4 is 0 Å². The van der Waals surface area contributed by atoms with Gasteiger partial charge in [-0.05, 0) is 11.6 Å². The first kappa shape index (κ1) is 10.1. The van der Waals surface area contributed by atoms with Gasteiger partial charge in [-0.25, -0.2) is 0 Å². The number of hydrogen-bond acceptors (Lipinski definition) is 4. The average Bonchev–Trinajstić information content (AvgIpc) is 2.61. The summed E-state index contributed by atoms with van der Waals surface area (Å²) in [6.07, 6.45) is 0. The molecule has 0 amide bonds. The molecule has 0 fully saturated rings. The second kappa shape index (κ2) is 4.87. The lowest BCUT2D eigenvalue weighted by atomic mass is 10.4. The molecule has 0 aliphatic carbocycles. The van der Waals surface area contributed by atoms with Crippen LogP contribution in [-0.2, 0) is 0 Å². The van der Waals surface area contributed by atoms with Crippen molar-refractivity contribution in [3.05, 3.63) is 37.6 Å². The van der Waals surface area contributed by atoms with Gasteiger partial charge in [-0.3, -0.25) is 10.1 Å². The van der Waals surface area contributed by atoms with E-state index in [0.717, 1.165) is 11.3 Å². The Labute approximate surface area is 83.0 Å². The lowest BCUT2D eigenvalue weighted by molar-refractivity contribution is -0.380. The van der Waals surface area contributed by atoms with Gasteiger partial charge in [0.1, 0.15) is 0 Å². The molecule has 0 spiro atoms. The summed E-state index contributed by atoms with van der Waals surface area (Å²) in [7, 11) is 0. The molecule has 0 aromatic carbocycles. The molecule has 6 nitrogen and oxygen atoms in total. The molecule has 0 radical (unpaired) electrons. The van der Waals surface area contributed by atoms with Crippen LogP contribution in [0.1, 0.15) is 4.88 Å². The van der Waals surface area contributed by atoms with Crippen molar-refractivity contribution in [2.45, 2.75) is 0 Å². The van der Waals surface area contributed by atoms with E-state index < -0.39 is 4.92 Å². The standard InChI is InChI=1S/C7H4N4O2S/c8-10-9-5-1-2-6-3-4-7(14-6)11(12)13/h3-4H,5H2. The van der Waals surface area contributed by atoms with Crippen molar-refractivity contribution in [2.75, 3.05) is 6.54 Å². The Morgan fingerprint density at radius 2 is 2.50 bits per heavy atom. The predicted octanol–water partition coefficient (Wildman–Crippen LogP) is 2.32. The van der Waals surface area contributed by atoms with E-state index in [1.54, 1.807) is 6.07 Å². The van der Waals surface area contributed by atoms with Gasteiger partial charge in [0.05, 0.1) is 16.3 Å². The van der Waals surface area contributed by atoms with Gasteiger partial charge in [0, 0.05) is 11.0 Å². The summed E-state index contributed by atoms with van der Waals surface area (Å²) in [5.74, 6) is 5.23. The van der Waals surface area contributed by atoms with Gasteiger partial charge in [0.25, 0.3) is 0 Å². The Kier molecular flexibility index (Phi) is 3.49. The third-order valence-electron chi connectivity index (χ3n) is 1.20. The maximum absolute atomic E-state index is 10.3. The number of nitro groups is 1. The number of nitrogens with zero attached hydrogens (tertiary/aromatic N) is 4. The number of hydrogen-bond donors (Lipinski definition) is 0. The molecule has 14 heavy (non-hydrogen) atoms. The van der Waals surface area contributed by atoms with Gasteiger partial charge in [-0.15, -0.1) is 0 Å². The molecule has 1 aromatic heterocycles. The zero-order chi connectivity index (χ0) is 10.4. The summed E-state index contributed by atoms with van der Waals surface area (Å²) in [6.45, 7) is 0.0716. The number of thiophene rings is 1. The first-order valence-electron chi connectivity index (χ1n) is 3.48. The molecule has 1 heterocycles. The molecule has 70 valence electrons. The van der Waals surface area contributed by atoms with Crippen LogP contribution in [0.2, 0.25) is 0 Å². The van der Waals surface area contributed by atoms with Crippen molar-refractivity contribution in [1.82, 2.24) is 0 Å². The second-order valence-corrected chi connectivity index (χ2v) is 3.15. The first-order chi connectivity index (χ1) is 6.74. The average molecular weight is 208 g/mol. The van der Waals surface area contributed by atoms with Crippen LogP contribution >= 0.6 is 11.3 Å². The molecule has 7 heteroatoms. The fraction of sp³-hybridized carbons (Fsp3) is 0.143. The summed E-state index contributed by atoms with van der Waals surface area (Å²) < 4.78 is 0. The van der Waals surface area contributed by atoms with E-state index in [1.165, 1.54) is 6.07 Å². The summed E-state index contributed by atoms with van der Waals surface area (Å²) in [4.78, 5) is 12.9. The predicted molar refractivity (Wildman–Crippen MR) is 51.9 cm³/mol. The van der Waals surface area contributed by atoms with Crippen LogP contribution in [0.3, 0.4) is 0 Å². The van der Waals surface area contributed by atoms with Crippen LogP contribution in [0.25, 0.3) is 10.4 Å². The molecule has 0 atom stereocenters. The van der Waals surface area contributed by atoms with E-state index in [1.807, 2.05) is 0 Å². The van der Waals surface area contributed by atoms with Crippen LogP contribution in [0, 0.1) is 22.0 Å². The van der Waals surface area contributed by atoms with Crippen molar-refractivity contribution in [3.8, 4) is 11.8 Å². The largest absolute Gasteiger partial charge is 0.325 e. The lowest BCUT2D eigenvalue weighted by Gasteiger charge is -1.78. The molecule has 0 N–H and O–H groups in total. The van der Waals surface area contributed by atoms with Gasteiger partial charge in [-0.1, -0.05) is 28.3 Å². The zero-order valence-corrected chi connectivity index (χ0v) is 7.69. The molecular weight excluding hydrogens is 204 g/mol. The molecule has 0 bridgehead atoms. The highest BCUT2D eigenvalue weighted by Crippen LogP contribution is 2.22. The van der Waals surface area contributed by atoms with Crippen molar-refractivity contribution < 1.29 is 4.92 Å². The van der Waals surface area contributed by atoms with Crippen LogP contribution in [-0.4, -0.2) is 11.5 Å². The van der Waals surface area contributed by atoms with Crippen molar-refractivity contribution in [3.63, 3.8) is 0 Å². The normalized spacial score (nSPS) is 8.29. The van der Waals surface area contributed by atoms with E-state index >= 15 is 0 Å². The number of rotatable bonds is 2. The molecule has 0 saturated heterocycles. The molecule has 0 saturated carbocycles. The van der Waals surface area contributed by atoms with E-state index in [4.69, 9.17) is 5.53 Å². The summed E-state index contributed by atoms with van der Waals surface area (Å²) >= 11 is 0.992. The molecule has 1 aromatic rings. The quantitative estimate of drug-likeness (QED) is 0.186. The third-order valence-corrected chi connectivity index (χ3v) is 2.15. The fourth-order valence-electron chi connectivity index (χ4n) is 0.687. The minimum atomic E-state index is -0.469. The van der Waals surface area contributed by atoms with Crippen molar-refractivity contribution in [1.29, 1.82) is 0 Å². The summed E-state index contributed by atoms with van der Waals surface area (Å²) in [5.41, 5.74) is 7.94. The summed E-state index contributed by atoms with van der Waals surface area (Å²) in [6, 6.07) is 2.95. The van der Waals surface area contributed by atoms with E-state index in [2.05, 4.69) is 21.9 Å². The zero-order valence-electron chi connectivity index (χ0n) is 6.88. The molecule has 1 rings (SSSR count). The number of azide groups is 1. The fourth-order valence-corrected chi connectivity index (χ4v) is 1.38. The highest BCUT2D eigenvalue weighted by molar-refractivity contribution is 7.15. The topological polar surface area (TPSA) is 91.9 Å². The van der Waals surface area contributed by atoms with Gasteiger partial charge in [-0.2, -0.15) is 0 Å². The van der Waals surface area contributed by atoms with Crippen LogP contribution in [0.5, 0.6) is 0 Å². The smallest absolute Gasteiger partial charge is 0.258 e. The minimum absolute atomic E-state index is 0.0538. The molecule has 0 unspecified atom stereocenters. The molecule has 0 aliphatic rings. The second-order valence-electron chi connectivity index (χ2n) is 2.09. The van der Waals surface area contributed by atoms with E-state index in [-0.39, 0.29) is 11.5 Å². The maximum atomic E-state index is 10.3. The van der Waals surface area contributed by atoms with Gasteiger partial charge >= 0.3 is 5.00 Å². The van der Waals surface area contributed by atoms with Crippen molar-refractivity contribution >= 4 is 16.3 Å². The Morgan fingerprint density at radius 3 is 3.07 bits per heavy atom. The van der Waals surface area contributed by atoms with Gasteiger partial charge in [0.2, 0.25) is 0 Å². The van der Waals surface area contributed by atoms with Crippen LogP contribution in [0.4, 0.5) is 5.00 Å². The highest BCUT2D eigenvalue weighted by Gasteiger charge is 2.07. The summed E-state index contributed by atoms with van der Waals surface area (Å²) in [5, 5.41) is 13.6. The third kappa shape index (κ3) is 2.79. The SMILES string of the molecule is [N-]=[N+]=NCC#Cc1ccc([N+](=O)[O-])s1. The van der Waals surface area contributed by atoms with Crippen LogP contribution in [0.15, 0.2) is 17.2 Å². The molecular formula is C7H4N4O2S. The van der Waals surface area contributed by atoms with Gasteiger partial charge in [0.15, 0.2) is 0 Å². The highest BCUT2D eigenvalue weighted by atomic mass is 32.1. The molecule has 0 aliphatic heterocycles. The Hall–Kier alpha value is -2.03. The maximum Gasteiger partial charge on any atom is 0.325 e. The Balaban J connectivity index is 2.71. The van der Waals surface area contributed by atoms with Gasteiger partial charge < -0.3 is 0 Å².